The number of aromatic nitrogens is 1. The van der Waals surface area contributed by atoms with Crippen molar-refractivity contribution >= 4 is 34.1 Å². The van der Waals surface area contributed by atoms with Crippen molar-refractivity contribution in [3.63, 3.8) is 0 Å². The van der Waals surface area contributed by atoms with Crippen molar-refractivity contribution in [2.45, 2.75) is 30.1 Å². The highest BCUT2D eigenvalue weighted by Crippen LogP contribution is 2.47. The molecule has 5 rings (SSSR count). The summed E-state index contributed by atoms with van der Waals surface area (Å²) >= 11 is 1.73. The summed E-state index contributed by atoms with van der Waals surface area (Å²) < 4.78 is 0. The van der Waals surface area contributed by atoms with Crippen LogP contribution in [0.25, 0.3) is 10.9 Å². The maximum absolute atomic E-state index is 13.0. The second-order valence-electron chi connectivity index (χ2n) is 7.10. The largest absolute Gasteiger partial charge is 0.358 e. The molecule has 4 heteroatoms. The van der Waals surface area contributed by atoms with Crippen LogP contribution < -0.4 is 5.32 Å². The third-order valence-electron chi connectivity index (χ3n) is 5.59. The minimum Gasteiger partial charge on any atom is -0.358 e. The smallest absolute Gasteiger partial charge is 0.161 e. The minimum absolute atomic E-state index is 0.0344. The molecule has 3 aromatic rings. The van der Waals surface area contributed by atoms with E-state index in [1.807, 2.05) is 12.3 Å². The molecule has 2 aromatic carbocycles. The molecule has 0 saturated carbocycles. The van der Waals surface area contributed by atoms with Crippen LogP contribution in [-0.2, 0) is 4.79 Å². The lowest BCUT2D eigenvalue weighted by Gasteiger charge is -2.34. The molecule has 0 radical (unpaired) electrons. The van der Waals surface area contributed by atoms with E-state index in [0.717, 1.165) is 40.7 Å². The Hall–Kier alpha value is -2.59. The quantitative estimate of drug-likeness (QED) is 0.601. The molecular formula is C23H20N2OS. The third-order valence-corrected chi connectivity index (χ3v) is 6.34. The fraction of sp³-hybridized carbons (Fsp3) is 0.217. The van der Waals surface area contributed by atoms with Crippen LogP contribution in [0.5, 0.6) is 0 Å². The van der Waals surface area contributed by atoms with Gasteiger partial charge in [-0.15, -0.1) is 11.8 Å². The fourth-order valence-corrected chi connectivity index (χ4v) is 4.77. The van der Waals surface area contributed by atoms with E-state index >= 15 is 0 Å². The van der Waals surface area contributed by atoms with Crippen molar-refractivity contribution in [2.24, 2.45) is 0 Å². The van der Waals surface area contributed by atoms with Gasteiger partial charge in [-0.3, -0.25) is 9.78 Å². The third kappa shape index (κ3) is 2.67. The number of pyridine rings is 1. The predicted octanol–water partition coefficient (Wildman–Crippen LogP) is 5.52. The Morgan fingerprint density at radius 2 is 1.93 bits per heavy atom. The van der Waals surface area contributed by atoms with E-state index < -0.39 is 0 Å². The van der Waals surface area contributed by atoms with Gasteiger partial charge < -0.3 is 5.32 Å². The fourth-order valence-electron chi connectivity index (χ4n) is 4.36. The Morgan fingerprint density at radius 3 is 2.74 bits per heavy atom. The molecule has 1 N–H and O–H groups in total. The average Bonchev–Trinajstić information content (AvgIpc) is 2.72. The number of fused-ring (bicyclic) bond motifs is 3. The number of rotatable bonds is 2. The Morgan fingerprint density at radius 1 is 1.07 bits per heavy atom. The number of carbonyl (C=O) groups is 1. The van der Waals surface area contributed by atoms with E-state index in [0.29, 0.717) is 6.42 Å². The molecule has 1 atom stereocenters. The number of anilines is 1. The SMILES string of the molecule is CSc1ccc(C2C3=C(CCCC3=O)Nc3ccc4ncccc4c32)cc1. The summed E-state index contributed by atoms with van der Waals surface area (Å²) in [6.45, 7) is 0. The lowest BCUT2D eigenvalue weighted by molar-refractivity contribution is -0.116. The number of carbonyl (C=O) groups excluding carboxylic acids is 1. The van der Waals surface area contributed by atoms with Gasteiger partial charge >= 0.3 is 0 Å². The minimum atomic E-state index is -0.0344. The van der Waals surface area contributed by atoms with Gasteiger partial charge in [0.15, 0.2) is 5.78 Å². The maximum Gasteiger partial charge on any atom is 0.161 e. The van der Waals surface area contributed by atoms with Crippen molar-refractivity contribution in [1.29, 1.82) is 0 Å². The first-order valence-electron chi connectivity index (χ1n) is 9.31. The van der Waals surface area contributed by atoms with Gasteiger partial charge in [0.2, 0.25) is 0 Å². The maximum atomic E-state index is 13.0. The lowest BCUT2D eigenvalue weighted by atomic mass is 9.74. The molecule has 27 heavy (non-hydrogen) atoms. The highest BCUT2D eigenvalue weighted by atomic mass is 32.2. The van der Waals surface area contributed by atoms with Crippen LogP contribution in [0.2, 0.25) is 0 Å². The Balaban J connectivity index is 1.79. The number of thioether (sulfide) groups is 1. The van der Waals surface area contributed by atoms with Crippen LogP contribution in [0.3, 0.4) is 0 Å². The van der Waals surface area contributed by atoms with Gasteiger partial charge in [-0.05, 0) is 60.6 Å². The normalized spacial score (nSPS) is 18.9. The molecule has 0 fully saturated rings. The molecule has 134 valence electrons. The van der Waals surface area contributed by atoms with Gasteiger partial charge in [-0.1, -0.05) is 18.2 Å². The second kappa shape index (κ2) is 6.54. The van der Waals surface area contributed by atoms with Gasteiger partial charge in [0.05, 0.1) is 5.52 Å². The standard InChI is InChI=1S/C23H20N2OS/c1-27-15-9-7-14(8-10-15)21-22-16-4-3-13-24-17(16)11-12-19(22)25-18-5-2-6-20(26)23(18)21/h3-4,7-13,21,25H,2,5-6H2,1H3. The first-order valence-corrected chi connectivity index (χ1v) is 10.5. The molecule has 3 nitrogen and oxygen atoms in total. The topological polar surface area (TPSA) is 42.0 Å². The number of nitrogens with zero attached hydrogens (tertiary/aromatic N) is 1. The summed E-state index contributed by atoms with van der Waals surface area (Å²) in [4.78, 5) is 18.7. The van der Waals surface area contributed by atoms with Gasteiger partial charge in [0, 0.05) is 45.8 Å². The summed E-state index contributed by atoms with van der Waals surface area (Å²) in [6.07, 6.45) is 6.40. The zero-order chi connectivity index (χ0) is 18.4. The van der Waals surface area contributed by atoms with Crippen molar-refractivity contribution < 1.29 is 4.79 Å². The van der Waals surface area contributed by atoms with Gasteiger partial charge in [-0.25, -0.2) is 0 Å². The molecule has 1 aliphatic carbocycles. The first-order chi connectivity index (χ1) is 13.3. The average molecular weight is 372 g/mol. The monoisotopic (exact) mass is 372 g/mol. The van der Waals surface area contributed by atoms with Crippen molar-refractivity contribution in [3.05, 3.63) is 77.1 Å². The van der Waals surface area contributed by atoms with Crippen LogP contribution >= 0.6 is 11.8 Å². The van der Waals surface area contributed by atoms with Gasteiger partial charge in [-0.2, -0.15) is 0 Å². The molecule has 2 heterocycles. The summed E-state index contributed by atoms with van der Waals surface area (Å²) in [6, 6.07) is 16.9. The Labute approximate surface area is 162 Å². The first kappa shape index (κ1) is 16.6. The molecule has 2 aliphatic rings. The van der Waals surface area contributed by atoms with Crippen molar-refractivity contribution in [2.75, 3.05) is 11.6 Å². The molecule has 1 aliphatic heterocycles. The molecule has 1 unspecified atom stereocenters. The Kier molecular flexibility index (Phi) is 4.01. The molecule has 0 amide bonds. The predicted molar refractivity (Wildman–Crippen MR) is 111 cm³/mol. The summed E-state index contributed by atoms with van der Waals surface area (Å²) in [7, 11) is 0. The number of hydrogen-bond donors (Lipinski definition) is 1. The number of ketones is 1. The summed E-state index contributed by atoms with van der Waals surface area (Å²) in [5.41, 5.74) is 6.46. The van der Waals surface area contributed by atoms with Gasteiger partial charge in [0.1, 0.15) is 0 Å². The number of hydrogen-bond acceptors (Lipinski definition) is 4. The highest BCUT2D eigenvalue weighted by Gasteiger charge is 2.36. The summed E-state index contributed by atoms with van der Waals surface area (Å²) in [5.74, 6) is 0.238. The van der Waals surface area contributed by atoms with E-state index in [1.165, 1.54) is 16.0 Å². The molecule has 1 aromatic heterocycles. The van der Waals surface area contributed by atoms with E-state index in [-0.39, 0.29) is 11.7 Å². The zero-order valence-corrected chi connectivity index (χ0v) is 16.0. The molecule has 0 spiro atoms. The molecule has 0 bridgehead atoms. The van der Waals surface area contributed by atoms with E-state index in [1.54, 1.807) is 11.8 Å². The van der Waals surface area contributed by atoms with Gasteiger partial charge in [0.25, 0.3) is 0 Å². The Bertz CT molecular complexity index is 1090. The second-order valence-corrected chi connectivity index (χ2v) is 7.98. The summed E-state index contributed by atoms with van der Waals surface area (Å²) in [5, 5.41) is 4.69. The van der Waals surface area contributed by atoms with Crippen LogP contribution in [-0.4, -0.2) is 17.0 Å². The number of benzene rings is 2. The van der Waals surface area contributed by atoms with Crippen molar-refractivity contribution in [1.82, 2.24) is 4.98 Å². The lowest BCUT2D eigenvalue weighted by Crippen LogP contribution is -2.27. The van der Waals surface area contributed by atoms with Crippen molar-refractivity contribution in [3.8, 4) is 0 Å². The van der Waals surface area contributed by atoms with Crippen LogP contribution in [0.4, 0.5) is 5.69 Å². The highest BCUT2D eigenvalue weighted by molar-refractivity contribution is 7.98. The number of nitrogens with one attached hydrogen (secondary N) is 1. The van der Waals surface area contributed by atoms with Crippen LogP contribution in [0.1, 0.15) is 36.3 Å². The van der Waals surface area contributed by atoms with Crippen LogP contribution in [0, 0.1) is 0 Å². The van der Waals surface area contributed by atoms with E-state index in [9.17, 15) is 4.79 Å². The van der Waals surface area contributed by atoms with E-state index in [4.69, 9.17) is 0 Å². The van der Waals surface area contributed by atoms with Crippen LogP contribution in [0.15, 0.2) is 70.9 Å². The number of allylic oxidation sites excluding steroid dienone is 2. The van der Waals surface area contributed by atoms with E-state index in [2.05, 4.69) is 59.0 Å². The molecular weight excluding hydrogens is 352 g/mol. The number of Topliss-reactive ketones (excluding diaryl/α,β-unsaturated/α-hetero) is 1. The molecule has 0 saturated heterocycles. The zero-order valence-electron chi connectivity index (χ0n) is 15.2.